The van der Waals surface area contributed by atoms with Gasteiger partial charge in [0.1, 0.15) is 0 Å². The van der Waals surface area contributed by atoms with Crippen LogP contribution in [0.4, 0.5) is 5.69 Å². The smallest absolute Gasteiger partial charge is 0.244 e. The molecule has 20 heavy (non-hydrogen) atoms. The minimum atomic E-state index is -0.704. The first-order valence-corrected chi connectivity index (χ1v) is 8.68. The molecule has 2 fully saturated rings. The molecule has 4 nitrogen and oxygen atoms in total. The van der Waals surface area contributed by atoms with Crippen molar-refractivity contribution in [3.8, 4) is 0 Å². The van der Waals surface area contributed by atoms with Crippen molar-refractivity contribution in [2.24, 2.45) is 0 Å². The van der Waals surface area contributed by atoms with Crippen molar-refractivity contribution in [1.29, 1.82) is 0 Å². The summed E-state index contributed by atoms with van der Waals surface area (Å²) in [5.74, 6) is 1.50. The normalized spacial score (nSPS) is 25.4. The van der Waals surface area contributed by atoms with Gasteiger partial charge in [-0.2, -0.15) is 0 Å². The van der Waals surface area contributed by atoms with Gasteiger partial charge in [-0.05, 0) is 24.6 Å². The van der Waals surface area contributed by atoms with Crippen molar-refractivity contribution in [2.45, 2.75) is 12.5 Å². The van der Waals surface area contributed by atoms with Crippen LogP contribution in [0.5, 0.6) is 0 Å². The molecule has 1 aromatic carbocycles. The summed E-state index contributed by atoms with van der Waals surface area (Å²) in [5, 5.41) is 0.645. The van der Waals surface area contributed by atoms with Crippen molar-refractivity contribution in [3.05, 3.63) is 29.3 Å². The molecule has 3 rings (SSSR count). The van der Waals surface area contributed by atoms with Crippen LogP contribution in [-0.4, -0.2) is 52.2 Å². The first-order valence-electron chi connectivity index (χ1n) is 6.81. The predicted octanol–water partition coefficient (Wildman–Crippen LogP) is 1.51. The van der Waals surface area contributed by atoms with Crippen molar-refractivity contribution >= 4 is 34.0 Å². The fourth-order valence-corrected chi connectivity index (χ4v) is 4.13. The topological polar surface area (TPSA) is 40.6 Å². The molecule has 0 aromatic heterocycles. The maximum atomic E-state index is 12.6. The molecule has 0 spiro atoms. The Morgan fingerprint density at radius 1 is 1.20 bits per heavy atom. The Labute approximate surface area is 126 Å². The third-order valence-corrected chi connectivity index (χ3v) is 5.46. The average Bonchev–Trinajstić information content (AvgIpc) is 2.82. The molecule has 0 saturated carbocycles. The number of hydrogen-bond acceptors (Lipinski definition) is 3. The second kappa shape index (κ2) is 5.84. The van der Waals surface area contributed by atoms with Gasteiger partial charge in [0.15, 0.2) is 0 Å². The molecule has 0 radical (unpaired) electrons. The van der Waals surface area contributed by atoms with Gasteiger partial charge in [0, 0.05) is 52.6 Å². The molecule has 2 heterocycles. The van der Waals surface area contributed by atoms with Gasteiger partial charge >= 0.3 is 0 Å². The molecule has 1 amide bonds. The zero-order valence-corrected chi connectivity index (χ0v) is 12.7. The fourth-order valence-electron chi connectivity index (χ4n) is 2.87. The summed E-state index contributed by atoms with van der Waals surface area (Å²) in [6.07, 6.45) is 0.831. The number of halogens is 1. The van der Waals surface area contributed by atoms with Gasteiger partial charge in [0.2, 0.25) is 5.91 Å². The number of benzene rings is 1. The Kier molecular flexibility index (Phi) is 4.10. The van der Waals surface area contributed by atoms with Crippen LogP contribution in [0, 0.1) is 0 Å². The maximum absolute atomic E-state index is 12.6. The van der Waals surface area contributed by atoms with Crippen LogP contribution in [0.15, 0.2) is 24.3 Å². The molecule has 6 heteroatoms. The summed E-state index contributed by atoms with van der Waals surface area (Å²) < 4.78 is 11.4. The van der Waals surface area contributed by atoms with E-state index in [-0.39, 0.29) is 11.9 Å². The molecule has 1 aromatic rings. The highest BCUT2D eigenvalue weighted by Gasteiger charge is 2.37. The first-order chi connectivity index (χ1) is 9.65. The van der Waals surface area contributed by atoms with Crippen LogP contribution < -0.4 is 4.90 Å². The van der Waals surface area contributed by atoms with Crippen LogP contribution >= 0.6 is 11.6 Å². The molecular weight excluding hydrogens is 296 g/mol. The number of hydrogen-bond donors (Lipinski definition) is 0. The summed E-state index contributed by atoms with van der Waals surface area (Å²) in [4.78, 5) is 16.5. The van der Waals surface area contributed by atoms with Crippen LogP contribution in [-0.2, 0) is 15.6 Å². The highest BCUT2D eigenvalue weighted by Crippen LogP contribution is 2.27. The van der Waals surface area contributed by atoms with Gasteiger partial charge in [-0.15, -0.1) is 0 Å². The molecule has 0 aliphatic carbocycles. The van der Waals surface area contributed by atoms with Crippen LogP contribution in [0.3, 0.4) is 0 Å². The number of rotatable bonds is 2. The molecule has 0 N–H and O–H groups in total. The minimum Gasteiger partial charge on any atom is -0.311 e. The number of anilines is 1. The fraction of sp³-hybridized carbons (Fsp3) is 0.500. The van der Waals surface area contributed by atoms with Gasteiger partial charge in [0.05, 0.1) is 6.04 Å². The van der Waals surface area contributed by atoms with E-state index in [9.17, 15) is 9.00 Å². The molecule has 2 saturated heterocycles. The summed E-state index contributed by atoms with van der Waals surface area (Å²) in [6, 6.07) is 7.35. The van der Waals surface area contributed by atoms with Gasteiger partial charge in [-0.25, -0.2) is 0 Å². The summed E-state index contributed by atoms with van der Waals surface area (Å²) in [7, 11) is -0.704. The molecular formula is C14H17ClN2O2S. The molecule has 1 unspecified atom stereocenters. The van der Waals surface area contributed by atoms with E-state index < -0.39 is 10.8 Å². The molecule has 2 aliphatic heterocycles. The SMILES string of the molecule is O=C1C(N2CCS(=O)CC2)CCN1c1cccc(Cl)c1. The third-order valence-electron chi connectivity index (χ3n) is 3.95. The number of carbonyl (C=O) groups is 1. The Balaban J connectivity index is 1.72. The van der Waals surface area contributed by atoms with E-state index in [0.29, 0.717) is 16.5 Å². The van der Waals surface area contributed by atoms with E-state index in [0.717, 1.165) is 31.7 Å². The van der Waals surface area contributed by atoms with E-state index >= 15 is 0 Å². The number of nitrogens with zero attached hydrogens (tertiary/aromatic N) is 2. The second-order valence-electron chi connectivity index (χ2n) is 5.16. The van der Waals surface area contributed by atoms with Crippen molar-refractivity contribution in [1.82, 2.24) is 4.90 Å². The molecule has 0 bridgehead atoms. The molecule has 2 aliphatic rings. The summed E-state index contributed by atoms with van der Waals surface area (Å²) in [6.45, 7) is 2.24. The van der Waals surface area contributed by atoms with Crippen molar-refractivity contribution in [2.75, 3.05) is 36.0 Å². The lowest BCUT2D eigenvalue weighted by molar-refractivity contribution is -0.121. The first kappa shape index (κ1) is 14.0. The zero-order chi connectivity index (χ0) is 14.1. The lowest BCUT2D eigenvalue weighted by Gasteiger charge is -2.30. The second-order valence-corrected chi connectivity index (χ2v) is 7.29. The van der Waals surface area contributed by atoms with E-state index in [1.165, 1.54) is 0 Å². The molecule has 108 valence electrons. The Morgan fingerprint density at radius 3 is 2.65 bits per heavy atom. The highest BCUT2D eigenvalue weighted by molar-refractivity contribution is 7.85. The Hall–Kier alpha value is -0.910. The van der Waals surface area contributed by atoms with Gasteiger partial charge in [0.25, 0.3) is 0 Å². The largest absolute Gasteiger partial charge is 0.311 e. The Bertz CT molecular complexity index is 542. The van der Waals surface area contributed by atoms with E-state index in [2.05, 4.69) is 4.90 Å². The maximum Gasteiger partial charge on any atom is 0.244 e. The minimum absolute atomic E-state index is 0.0636. The van der Waals surface area contributed by atoms with Crippen LogP contribution in [0.25, 0.3) is 0 Å². The lowest BCUT2D eigenvalue weighted by atomic mass is 10.2. The summed E-state index contributed by atoms with van der Waals surface area (Å²) >= 11 is 5.99. The quantitative estimate of drug-likeness (QED) is 0.831. The zero-order valence-electron chi connectivity index (χ0n) is 11.1. The van der Waals surface area contributed by atoms with E-state index in [4.69, 9.17) is 11.6 Å². The average molecular weight is 313 g/mol. The predicted molar refractivity (Wildman–Crippen MR) is 81.7 cm³/mol. The van der Waals surface area contributed by atoms with Crippen molar-refractivity contribution in [3.63, 3.8) is 0 Å². The number of carbonyl (C=O) groups excluding carboxylic acids is 1. The standard InChI is InChI=1S/C14H17ClN2O2S/c15-11-2-1-3-12(10-11)17-5-4-13(14(17)18)16-6-8-20(19)9-7-16/h1-3,10,13H,4-9H2. The lowest BCUT2D eigenvalue weighted by Crippen LogP contribution is -2.48. The van der Waals surface area contributed by atoms with Crippen LogP contribution in [0.1, 0.15) is 6.42 Å². The van der Waals surface area contributed by atoms with E-state index in [1.807, 2.05) is 29.2 Å². The van der Waals surface area contributed by atoms with Crippen LogP contribution in [0.2, 0.25) is 5.02 Å². The van der Waals surface area contributed by atoms with Gasteiger partial charge in [-0.1, -0.05) is 17.7 Å². The Morgan fingerprint density at radius 2 is 1.95 bits per heavy atom. The molecule has 1 atom stereocenters. The van der Waals surface area contributed by atoms with Gasteiger partial charge < -0.3 is 4.90 Å². The number of amides is 1. The highest BCUT2D eigenvalue weighted by atomic mass is 35.5. The third kappa shape index (κ3) is 2.75. The monoisotopic (exact) mass is 312 g/mol. The van der Waals surface area contributed by atoms with E-state index in [1.54, 1.807) is 0 Å². The summed E-state index contributed by atoms with van der Waals surface area (Å²) in [5.41, 5.74) is 0.866. The van der Waals surface area contributed by atoms with Crippen molar-refractivity contribution < 1.29 is 9.00 Å². The van der Waals surface area contributed by atoms with Gasteiger partial charge in [-0.3, -0.25) is 13.9 Å².